The molecular formula is C16H13BrN2. The van der Waals surface area contributed by atoms with E-state index in [9.17, 15) is 0 Å². The van der Waals surface area contributed by atoms with Crippen LogP contribution in [-0.2, 0) is 0 Å². The fraction of sp³-hybridized carbons (Fsp3) is 0.0625. The van der Waals surface area contributed by atoms with Gasteiger partial charge in [0.05, 0.1) is 11.4 Å². The average molecular weight is 313 g/mol. The molecule has 94 valence electrons. The molecule has 3 aromatic rings. The largest absolute Gasteiger partial charge is 0.277 e. The average Bonchev–Trinajstić information content (AvgIpc) is 2.89. The minimum atomic E-state index is 0.962. The van der Waals surface area contributed by atoms with Crippen molar-refractivity contribution in [1.82, 2.24) is 10.2 Å². The number of nitrogens with zero attached hydrogens (tertiary/aromatic N) is 1. The van der Waals surface area contributed by atoms with Crippen molar-refractivity contribution >= 4 is 15.9 Å². The Bertz CT molecular complexity index is 682. The van der Waals surface area contributed by atoms with Gasteiger partial charge in [-0.3, -0.25) is 5.10 Å². The molecule has 3 heteroatoms. The number of aryl methyl sites for hydroxylation is 1. The lowest BCUT2D eigenvalue weighted by molar-refractivity contribution is 1.10. The third-order valence-electron chi connectivity index (χ3n) is 3.14. The lowest BCUT2D eigenvalue weighted by Crippen LogP contribution is -1.84. The molecule has 2 nitrogen and oxygen atoms in total. The Balaban J connectivity index is 2.07. The predicted molar refractivity (Wildman–Crippen MR) is 81.9 cm³/mol. The molecule has 1 heterocycles. The second kappa shape index (κ2) is 5.02. The molecule has 0 unspecified atom stereocenters. The van der Waals surface area contributed by atoms with E-state index in [2.05, 4.69) is 57.3 Å². The van der Waals surface area contributed by atoms with Gasteiger partial charge in [0, 0.05) is 10.0 Å². The Morgan fingerprint density at radius 3 is 2.53 bits per heavy atom. The van der Waals surface area contributed by atoms with Gasteiger partial charge >= 0.3 is 0 Å². The molecule has 0 aliphatic heterocycles. The monoisotopic (exact) mass is 312 g/mol. The second-order valence-electron chi connectivity index (χ2n) is 4.46. The van der Waals surface area contributed by atoms with Crippen LogP contribution in [-0.4, -0.2) is 10.2 Å². The summed E-state index contributed by atoms with van der Waals surface area (Å²) in [5.41, 5.74) is 5.49. The van der Waals surface area contributed by atoms with Crippen molar-refractivity contribution in [2.45, 2.75) is 6.92 Å². The zero-order chi connectivity index (χ0) is 13.2. The Hall–Kier alpha value is -1.87. The van der Waals surface area contributed by atoms with Crippen LogP contribution in [0.1, 0.15) is 5.56 Å². The van der Waals surface area contributed by atoms with Crippen molar-refractivity contribution < 1.29 is 0 Å². The normalized spacial score (nSPS) is 10.6. The van der Waals surface area contributed by atoms with Gasteiger partial charge in [-0.15, -0.1) is 0 Å². The molecular weight excluding hydrogens is 300 g/mol. The number of halogens is 1. The van der Waals surface area contributed by atoms with Gasteiger partial charge in [0.25, 0.3) is 0 Å². The maximum absolute atomic E-state index is 4.43. The number of rotatable bonds is 2. The van der Waals surface area contributed by atoms with E-state index in [0.717, 1.165) is 27.0 Å². The van der Waals surface area contributed by atoms with Gasteiger partial charge < -0.3 is 0 Å². The quantitative estimate of drug-likeness (QED) is 0.722. The van der Waals surface area contributed by atoms with Crippen LogP contribution in [0.2, 0.25) is 0 Å². The van der Waals surface area contributed by atoms with E-state index in [1.165, 1.54) is 5.56 Å². The summed E-state index contributed by atoms with van der Waals surface area (Å²) in [6.45, 7) is 2.09. The van der Waals surface area contributed by atoms with Gasteiger partial charge in [-0.2, -0.15) is 5.10 Å². The van der Waals surface area contributed by atoms with Gasteiger partial charge in [0.15, 0.2) is 0 Å². The number of H-pyrrole nitrogens is 1. The highest BCUT2D eigenvalue weighted by Gasteiger charge is 2.10. The van der Waals surface area contributed by atoms with E-state index in [0.29, 0.717) is 0 Å². The van der Waals surface area contributed by atoms with Crippen LogP contribution in [0.4, 0.5) is 0 Å². The van der Waals surface area contributed by atoms with E-state index < -0.39 is 0 Å². The van der Waals surface area contributed by atoms with Crippen LogP contribution in [0.5, 0.6) is 0 Å². The van der Waals surface area contributed by atoms with E-state index in [1.807, 2.05) is 30.3 Å². The standard InChI is InChI=1S/C16H13BrN2/c1-11-6-5-9-13(17)16(11)15-10-14(18-19-15)12-7-3-2-4-8-12/h2-10H,1H3,(H,18,19). The molecule has 0 radical (unpaired) electrons. The van der Waals surface area contributed by atoms with E-state index in [1.54, 1.807) is 0 Å². The molecule has 0 saturated heterocycles. The molecule has 3 rings (SSSR count). The predicted octanol–water partition coefficient (Wildman–Crippen LogP) is 4.81. The molecule has 1 aromatic heterocycles. The number of aromatic amines is 1. The third-order valence-corrected chi connectivity index (χ3v) is 3.80. The summed E-state index contributed by atoms with van der Waals surface area (Å²) in [5, 5.41) is 7.53. The highest BCUT2D eigenvalue weighted by molar-refractivity contribution is 9.10. The highest BCUT2D eigenvalue weighted by atomic mass is 79.9. The fourth-order valence-electron chi connectivity index (χ4n) is 2.17. The molecule has 2 aromatic carbocycles. The van der Waals surface area contributed by atoms with Gasteiger partial charge in [-0.25, -0.2) is 0 Å². The number of benzene rings is 2. The molecule has 0 saturated carbocycles. The number of aromatic nitrogens is 2. The summed E-state index contributed by atoms with van der Waals surface area (Å²) < 4.78 is 1.07. The SMILES string of the molecule is Cc1cccc(Br)c1-c1cc(-c2ccccc2)[nH]n1. The van der Waals surface area contributed by atoms with Crippen LogP contribution in [0.3, 0.4) is 0 Å². The van der Waals surface area contributed by atoms with Crippen molar-refractivity contribution in [2.75, 3.05) is 0 Å². The van der Waals surface area contributed by atoms with Crippen LogP contribution in [0, 0.1) is 6.92 Å². The van der Waals surface area contributed by atoms with Crippen molar-refractivity contribution in [3.05, 3.63) is 64.6 Å². The van der Waals surface area contributed by atoms with Crippen LogP contribution in [0.15, 0.2) is 59.1 Å². The molecule has 0 aliphatic carbocycles. The smallest absolute Gasteiger partial charge is 0.0941 e. The Morgan fingerprint density at radius 2 is 1.79 bits per heavy atom. The van der Waals surface area contributed by atoms with Crippen molar-refractivity contribution in [1.29, 1.82) is 0 Å². The number of nitrogens with one attached hydrogen (secondary N) is 1. The molecule has 0 atom stereocenters. The minimum Gasteiger partial charge on any atom is -0.277 e. The third kappa shape index (κ3) is 2.34. The van der Waals surface area contributed by atoms with Gasteiger partial charge in [-0.1, -0.05) is 58.4 Å². The molecule has 0 aliphatic rings. The van der Waals surface area contributed by atoms with E-state index in [4.69, 9.17) is 0 Å². The Kier molecular flexibility index (Phi) is 3.22. The molecule has 0 spiro atoms. The van der Waals surface area contributed by atoms with Crippen molar-refractivity contribution in [2.24, 2.45) is 0 Å². The van der Waals surface area contributed by atoms with Crippen LogP contribution < -0.4 is 0 Å². The van der Waals surface area contributed by atoms with Gasteiger partial charge in [-0.05, 0) is 30.2 Å². The summed E-state index contributed by atoms with van der Waals surface area (Å²) in [5.74, 6) is 0. The summed E-state index contributed by atoms with van der Waals surface area (Å²) in [7, 11) is 0. The first kappa shape index (κ1) is 12.2. The van der Waals surface area contributed by atoms with Crippen LogP contribution in [0.25, 0.3) is 22.5 Å². The summed E-state index contributed by atoms with van der Waals surface area (Å²) >= 11 is 3.60. The van der Waals surface area contributed by atoms with Crippen molar-refractivity contribution in [3.63, 3.8) is 0 Å². The Morgan fingerprint density at radius 1 is 1.00 bits per heavy atom. The fourth-order valence-corrected chi connectivity index (χ4v) is 2.84. The highest BCUT2D eigenvalue weighted by Crippen LogP contribution is 2.31. The lowest BCUT2D eigenvalue weighted by atomic mass is 10.0. The van der Waals surface area contributed by atoms with E-state index >= 15 is 0 Å². The molecule has 0 fully saturated rings. The number of hydrogen-bond acceptors (Lipinski definition) is 1. The van der Waals surface area contributed by atoms with E-state index in [-0.39, 0.29) is 0 Å². The first-order valence-electron chi connectivity index (χ1n) is 6.12. The maximum atomic E-state index is 4.43. The number of hydrogen-bond donors (Lipinski definition) is 1. The summed E-state index contributed by atoms with van der Waals surface area (Å²) in [6.07, 6.45) is 0. The van der Waals surface area contributed by atoms with Crippen LogP contribution >= 0.6 is 15.9 Å². The summed E-state index contributed by atoms with van der Waals surface area (Å²) in [6, 6.07) is 18.5. The van der Waals surface area contributed by atoms with Crippen molar-refractivity contribution in [3.8, 4) is 22.5 Å². The molecule has 19 heavy (non-hydrogen) atoms. The lowest BCUT2D eigenvalue weighted by Gasteiger charge is -2.04. The molecule has 0 amide bonds. The topological polar surface area (TPSA) is 28.7 Å². The minimum absolute atomic E-state index is 0.962. The van der Waals surface area contributed by atoms with Gasteiger partial charge in [0.1, 0.15) is 0 Å². The Labute approximate surface area is 120 Å². The second-order valence-corrected chi connectivity index (χ2v) is 5.32. The first-order valence-corrected chi connectivity index (χ1v) is 6.91. The first-order chi connectivity index (χ1) is 9.25. The summed E-state index contributed by atoms with van der Waals surface area (Å²) in [4.78, 5) is 0. The maximum Gasteiger partial charge on any atom is 0.0941 e. The zero-order valence-corrected chi connectivity index (χ0v) is 12.1. The molecule has 1 N–H and O–H groups in total. The van der Waals surface area contributed by atoms with Gasteiger partial charge in [0.2, 0.25) is 0 Å². The zero-order valence-electron chi connectivity index (χ0n) is 10.5. The molecule has 0 bridgehead atoms.